The number of rotatable bonds is 1. The topological polar surface area (TPSA) is 50.7 Å². The number of amidine groups is 1. The fourth-order valence-corrected chi connectivity index (χ4v) is 1.55. The first-order valence-electron chi connectivity index (χ1n) is 5.03. The number of alkyl halides is 3. The van der Waals surface area contributed by atoms with Crippen molar-refractivity contribution in [2.24, 2.45) is 15.9 Å². The number of hydrogen-bond donors (Lipinski definition) is 1. The van der Waals surface area contributed by atoms with Gasteiger partial charge >= 0.3 is 6.18 Å². The van der Waals surface area contributed by atoms with Crippen LogP contribution in [0.1, 0.15) is 24.0 Å². The van der Waals surface area contributed by atoms with Crippen molar-refractivity contribution in [3.63, 3.8) is 0 Å². The lowest BCUT2D eigenvalue weighted by molar-refractivity contribution is -0.137. The second-order valence-corrected chi connectivity index (χ2v) is 3.72. The average Bonchev–Trinajstić information content (AvgIpc) is 2.29. The molecule has 0 aromatic heterocycles. The standard InChI is InChI=1S/C11H10F3N3/c12-11(13,14)8-3-1-2-7(6-8)9-4-5-10(15)17-16-9/h1-3,6H,4-5H2,(H2,15,17). The zero-order valence-corrected chi connectivity index (χ0v) is 8.83. The number of nitrogens with zero attached hydrogens (tertiary/aromatic N) is 2. The van der Waals surface area contributed by atoms with E-state index < -0.39 is 11.7 Å². The zero-order chi connectivity index (χ0) is 12.5. The first-order chi connectivity index (χ1) is 7.97. The Labute approximate surface area is 95.8 Å². The van der Waals surface area contributed by atoms with Crippen molar-refractivity contribution in [2.75, 3.05) is 0 Å². The van der Waals surface area contributed by atoms with Gasteiger partial charge in [0.05, 0.1) is 11.3 Å². The maximum absolute atomic E-state index is 12.5. The molecule has 0 saturated heterocycles. The van der Waals surface area contributed by atoms with Gasteiger partial charge in [0.15, 0.2) is 0 Å². The smallest absolute Gasteiger partial charge is 0.386 e. The highest BCUT2D eigenvalue weighted by atomic mass is 19.4. The molecule has 0 unspecified atom stereocenters. The van der Waals surface area contributed by atoms with Crippen LogP contribution in [0.4, 0.5) is 13.2 Å². The molecule has 1 aromatic rings. The molecule has 1 aliphatic rings. The summed E-state index contributed by atoms with van der Waals surface area (Å²) in [5.41, 5.74) is 5.73. The Morgan fingerprint density at radius 3 is 2.47 bits per heavy atom. The van der Waals surface area contributed by atoms with Crippen LogP contribution >= 0.6 is 0 Å². The van der Waals surface area contributed by atoms with Gasteiger partial charge in [0.1, 0.15) is 5.84 Å². The molecule has 0 saturated carbocycles. The summed E-state index contributed by atoms with van der Waals surface area (Å²) in [4.78, 5) is 0. The number of hydrogen-bond acceptors (Lipinski definition) is 3. The van der Waals surface area contributed by atoms with Gasteiger partial charge in [0, 0.05) is 6.42 Å². The molecule has 1 heterocycles. The highest BCUT2D eigenvalue weighted by Gasteiger charge is 2.30. The van der Waals surface area contributed by atoms with Crippen molar-refractivity contribution in [2.45, 2.75) is 19.0 Å². The second kappa shape index (κ2) is 4.20. The zero-order valence-electron chi connectivity index (χ0n) is 8.83. The van der Waals surface area contributed by atoms with Crippen molar-refractivity contribution in [1.29, 1.82) is 0 Å². The molecule has 0 aliphatic carbocycles. The van der Waals surface area contributed by atoms with E-state index in [1.165, 1.54) is 6.07 Å². The average molecular weight is 241 g/mol. The van der Waals surface area contributed by atoms with E-state index in [0.717, 1.165) is 12.1 Å². The van der Waals surface area contributed by atoms with E-state index >= 15 is 0 Å². The summed E-state index contributed by atoms with van der Waals surface area (Å²) >= 11 is 0. The molecule has 0 bridgehead atoms. The van der Waals surface area contributed by atoms with Crippen LogP contribution in [0.2, 0.25) is 0 Å². The van der Waals surface area contributed by atoms with Crippen molar-refractivity contribution in [3.05, 3.63) is 35.4 Å². The molecule has 0 atom stereocenters. The molecule has 1 aromatic carbocycles. The van der Waals surface area contributed by atoms with Crippen molar-refractivity contribution in [1.82, 2.24) is 0 Å². The van der Waals surface area contributed by atoms with E-state index in [1.807, 2.05) is 0 Å². The maximum Gasteiger partial charge on any atom is 0.416 e. The third kappa shape index (κ3) is 2.64. The SMILES string of the molecule is NC1=NN=C(c2cccc(C(F)(F)F)c2)CC1. The van der Waals surface area contributed by atoms with Gasteiger partial charge in [-0.15, -0.1) is 5.10 Å². The molecule has 6 heteroatoms. The summed E-state index contributed by atoms with van der Waals surface area (Å²) in [5, 5.41) is 7.50. The van der Waals surface area contributed by atoms with Gasteiger partial charge in [0.25, 0.3) is 0 Å². The molecule has 2 rings (SSSR count). The van der Waals surface area contributed by atoms with Gasteiger partial charge in [-0.3, -0.25) is 0 Å². The first kappa shape index (κ1) is 11.6. The summed E-state index contributed by atoms with van der Waals surface area (Å²) < 4.78 is 37.5. The quantitative estimate of drug-likeness (QED) is 0.807. The van der Waals surface area contributed by atoms with Crippen LogP contribution in [0, 0.1) is 0 Å². The normalized spacial score (nSPS) is 16.4. The van der Waals surface area contributed by atoms with E-state index in [4.69, 9.17) is 5.73 Å². The predicted octanol–water partition coefficient (Wildman–Crippen LogP) is 2.56. The lowest BCUT2D eigenvalue weighted by atomic mass is 10.0. The maximum atomic E-state index is 12.5. The van der Waals surface area contributed by atoms with Gasteiger partial charge in [-0.25, -0.2) is 0 Å². The fraction of sp³-hybridized carbons (Fsp3) is 0.273. The third-order valence-corrected chi connectivity index (χ3v) is 2.44. The summed E-state index contributed by atoms with van der Waals surface area (Å²) in [6.45, 7) is 0. The van der Waals surface area contributed by atoms with Crippen LogP contribution in [0.25, 0.3) is 0 Å². The highest BCUT2D eigenvalue weighted by Crippen LogP contribution is 2.30. The number of halogens is 3. The van der Waals surface area contributed by atoms with Crippen LogP contribution in [0.5, 0.6) is 0 Å². The predicted molar refractivity (Wildman–Crippen MR) is 58.8 cm³/mol. The molecule has 0 fully saturated rings. The fourth-order valence-electron chi connectivity index (χ4n) is 1.55. The van der Waals surface area contributed by atoms with Crippen molar-refractivity contribution >= 4 is 11.5 Å². The Bertz CT molecular complexity index is 489. The molecule has 2 N–H and O–H groups in total. The Balaban J connectivity index is 2.35. The highest BCUT2D eigenvalue weighted by molar-refractivity contribution is 6.04. The minimum atomic E-state index is -4.34. The summed E-state index contributed by atoms with van der Waals surface area (Å²) in [5.74, 6) is 0.403. The second-order valence-electron chi connectivity index (χ2n) is 3.72. The molecule has 90 valence electrons. The van der Waals surface area contributed by atoms with Crippen LogP contribution in [-0.2, 0) is 6.18 Å². The van der Waals surface area contributed by atoms with E-state index in [0.29, 0.717) is 30.0 Å². The Morgan fingerprint density at radius 2 is 1.88 bits per heavy atom. The van der Waals surface area contributed by atoms with E-state index in [1.54, 1.807) is 6.07 Å². The molecule has 17 heavy (non-hydrogen) atoms. The van der Waals surface area contributed by atoms with E-state index in [2.05, 4.69) is 10.2 Å². The van der Waals surface area contributed by atoms with Crippen LogP contribution in [0.3, 0.4) is 0 Å². The minimum Gasteiger partial charge on any atom is -0.386 e. The molecular weight excluding hydrogens is 231 g/mol. The Kier molecular flexibility index (Phi) is 2.87. The van der Waals surface area contributed by atoms with E-state index in [-0.39, 0.29) is 0 Å². The first-order valence-corrected chi connectivity index (χ1v) is 5.03. The lowest BCUT2D eigenvalue weighted by Crippen LogP contribution is -2.18. The summed E-state index contributed by atoms with van der Waals surface area (Å²) in [7, 11) is 0. The number of benzene rings is 1. The van der Waals surface area contributed by atoms with Crippen molar-refractivity contribution < 1.29 is 13.2 Å². The molecule has 1 aliphatic heterocycles. The van der Waals surface area contributed by atoms with Crippen LogP contribution in [0.15, 0.2) is 34.5 Å². The van der Waals surface area contributed by atoms with Gasteiger partial charge in [0.2, 0.25) is 0 Å². The van der Waals surface area contributed by atoms with Crippen LogP contribution in [-0.4, -0.2) is 11.5 Å². The molecule has 0 spiro atoms. The lowest BCUT2D eigenvalue weighted by Gasteiger charge is -2.12. The number of nitrogens with two attached hydrogens (primary N) is 1. The summed E-state index contributed by atoms with van der Waals surface area (Å²) in [6.07, 6.45) is -3.31. The summed E-state index contributed by atoms with van der Waals surface area (Å²) in [6, 6.07) is 5.06. The minimum absolute atomic E-state index is 0.403. The monoisotopic (exact) mass is 241 g/mol. The van der Waals surface area contributed by atoms with E-state index in [9.17, 15) is 13.2 Å². The van der Waals surface area contributed by atoms with Gasteiger partial charge in [-0.1, -0.05) is 12.1 Å². The van der Waals surface area contributed by atoms with Crippen LogP contribution < -0.4 is 5.73 Å². The van der Waals surface area contributed by atoms with Gasteiger partial charge in [-0.2, -0.15) is 18.3 Å². The third-order valence-electron chi connectivity index (χ3n) is 2.44. The van der Waals surface area contributed by atoms with Gasteiger partial charge < -0.3 is 5.73 Å². The van der Waals surface area contributed by atoms with Gasteiger partial charge in [-0.05, 0) is 24.1 Å². The molecule has 3 nitrogen and oxygen atoms in total. The molecule has 0 radical (unpaired) electrons. The van der Waals surface area contributed by atoms with Crippen molar-refractivity contribution in [3.8, 4) is 0 Å². The largest absolute Gasteiger partial charge is 0.416 e. The Hall–Kier alpha value is -1.85. The molecular formula is C11H10F3N3. The Morgan fingerprint density at radius 1 is 1.12 bits per heavy atom. The molecule has 0 amide bonds.